The predicted molar refractivity (Wildman–Crippen MR) is 130 cm³/mol. The van der Waals surface area contributed by atoms with Crippen LogP contribution >= 0.6 is 11.3 Å². The van der Waals surface area contributed by atoms with Crippen LogP contribution in [-0.4, -0.2) is 27.6 Å². The zero-order valence-corrected chi connectivity index (χ0v) is 19.3. The highest BCUT2D eigenvalue weighted by molar-refractivity contribution is 7.16. The maximum Gasteiger partial charge on any atom is 0.261 e. The van der Waals surface area contributed by atoms with E-state index in [1.807, 2.05) is 55.5 Å². The number of carbonyl (C=O) groups is 1. The number of rotatable bonds is 7. The fourth-order valence-corrected chi connectivity index (χ4v) is 4.80. The zero-order valence-electron chi connectivity index (χ0n) is 18.5. The molecule has 0 bridgehead atoms. The number of aryl methyl sites for hydroxylation is 2. The molecule has 5 rings (SSSR count). The summed E-state index contributed by atoms with van der Waals surface area (Å²) in [4.78, 5) is 36.0. The van der Waals surface area contributed by atoms with E-state index in [0.717, 1.165) is 34.7 Å². The second-order valence-corrected chi connectivity index (χ2v) is 9.36. The lowest BCUT2D eigenvalue weighted by molar-refractivity contribution is -0.116. The Balaban J connectivity index is 1.31. The van der Waals surface area contributed by atoms with E-state index in [9.17, 15) is 9.59 Å². The molecule has 1 aliphatic rings. The Morgan fingerprint density at radius 2 is 1.91 bits per heavy atom. The SMILES string of the molecule is COc1ccc(-c2nc(NC(=O)CCc3nc4ccccc4c(=O)n3C3CC3)sc2C)cc1. The van der Waals surface area contributed by atoms with Crippen molar-refractivity contribution < 1.29 is 9.53 Å². The molecule has 0 unspecified atom stereocenters. The van der Waals surface area contributed by atoms with E-state index in [-0.39, 0.29) is 23.9 Å². The molecule has 2 aromatic heterocycles. The third-order valence-electron chi connectivity index (χ3n) is 5.77. The van der Waals surface area contributed by atoms with Crippen LogP contribution in [-0.2, 0) is 11.2 Å². The standard InChI is InChI=1S/C25H24N4O3S/c1-15-23(16-7-11-18(32-2)12-8-16)28-25(33-15)27-22(30)14-13-21-26-20-6-4-3-5-19(20)24(31)29(21)17-9-10-17/h3-8,11-12,17H,9-10,13-14H2,1-2H3,(H,27,28,30). The van der Waals surface area contributed by atoms with E-state index in [2.05, 4.69) is 10.3 Å². The molecule has 1 N–H and O–H groups in total. The van der Waals surface area contributed by atoms with Gasteiger partial charge in [-0.15, -0.1) is 11.3 Å². The largest absolute Gasteiger partial charge is 0.497 e. The van der Waals surface area contributed by atoms with Crippen molar-refractivity contribution in [3.8, 4) is 17.0 Å². The first-order chi connectivity index (χ1) is 16.0. The van der Waals surface area contributed by atoms with Crippen molar-refractivity contribution in [3.05, 3.63) is 69.6 Å². The highest BCUT2D eigenvalue weighted by Crippen LogP contribution is 2.35. The Labute approximate surface area is 195 Å². The quantitative estimate of drug-likeness (QED) is 0.430. The second-order valence-electron chi connectivity index (χ2n) is 8.15. The molecule has 0 atom stereocenters. The van der Waals surface area contributed by atoms with Crippen LogP contribution in [0.15, 0.2) is 53.3 Å². The van der Waals surface area contributed by atoms with E-state index in [4.69, 9.17) is 9.72 Å². The summed E-state index contributed by atoms with van der Waals surface area (Å²) < 4.78 is 7.00. The summed E-state index contributed by atoms with van der Waals surface area (Å²) >= 11 is 1.45. The first-order valence-corrected chi connectivity index (χ1v) is 11.8. The summed E-state index contributed by atoms with van der Waals surface area (Å²) in [6.07, 6.45) is 2.59. The molecule has 4 aromatic rings. The summed E-state index contributed by atoms with van der Waals surface area (Å²) in [7, 11) is 1.63. The molecule has 2 aromatic carbocycles. The molecule has 0 aliphatic heterocycles. The van der Waals surface area contributed by atoms with Crippen LogP contribution in [0.25, 0.3) is 22.2 Å². The highest BCUT2D eigenvalue weighted by atomic mass is 32.1. The Kier molecular flexibility index (Phi) is 5.68. The highest BCUT2D eigenvalue weighted by Gasteiger charge is 2.28. The molecule has 2 heterocycles. The minimum Gasteiger partial charge on any atom is -0.497 e. The summed E-state index contributed by atoms with van der Waals surface area (Å²) in [6, 6.07) is 15.3. The van der Waals surface area contributed by atoms with Gasteiger partial charge in [0.25, 0.3) is 5.56 Å². The van der Waals surface area contributed by atoms with Crippen LogP contribution in [0.2, 0.25) is 0 Å². The van der Waals surface area contributed by atoms with Gasteiger partial charge in [0.05, 0.1) is 23.7 Å². The molecule has 0 spiro atoms. The maximum atomic E-state index is 13.0. The summed E-state index contributed by atoms with van der Waals surface area (Å²) in [5, 5.41) is 4.10. The molecule has 8 heteroatoms. The first-order valence-electron chi connectivity index (χ1n) is 11.0. The number of thiazole rings is 1. The molecule has 1 amide bonds. The number of hydrogen-bond donors (Lipinski definition) is 1. The minimum atomic E-state index is -0.144. The first kappa shape index (κ1) is 21.3. The minimum absolute atomic E-state index is 0.0156. The predicted octanol–water partition coefficient (Wildman–Crippen LogP) is 4.74. The second kappa shape index (κ2) is 8.78. The Hall–Kier alpha value is -3.52. The van der Waals surface area contributed by atoms with Gasteiger partial charge in [-0.1, -0.05) is 12.1 Å². The fourth-order valence-electron chi connectivity index (χ4n) is 3.95. The average molecular weight is 461 g/mol. The molecule has 168 valence electrons. The Bertz CT molecular complexity index is 1390. The lowest BCUT2D eigenvalue weighted by atomic mass is 10.1. The van der Waals surface area contributed by atoms with Gasteiger partial charge in [0, 0.05) is 29.3 Å². The number of nitrogens with zero attached hydrogens (tertiary/aromatic N) is 3. The molecule has 1 saturated carbocycles. The molecule has 0 radical (unpaired) electrons. The molecule has 0 saturated heterocycles. The topological polar surface area (TPSA) is 86.1 Å². The van der Waals surface area contributed by atoms with Gasteiger partial charge in [-0.2, -0.15) is 0 Å². The van der Waals surface area contributed by atoms with E-state index < -0.39 is 0 Å². The number of fused-ring (bicyclic) bond motifs is 1. The number of methoxy groups -OCH3 is 1. The Morgan fingerprint density at radius 3 is 2.64 bits per heavy atom. The van der Waals surface area contributed by atoms with E-state index in [0.29, 0.717) is 28.3 Å². The van der Waals surface area contributed by atoms with Gasteiger partial charge in [0.1, 0.15) is 11.6 Å². The number of ether oxygens (including phenoxy) is 1. The lowest BCUT2D eigenvalue weighted by Crippen LogP contribution is -2.25. The average Bonchev–Trinajstić information content (AvgIpc) is 3.60. The van der Waals surface area contributed by atoms with Crippen molar-refractivity contribution in [1.29, 1.82) is 0 Å². The third-order valence-corrected chi connectivity index (χ3v) is 6.66. The number of amides is 1. The summed E-state index contributed by atoms with van der Waals surface area (Å²) in [5.74, 6) is 1.31. The Morgan fingerprint density at radius 1 is 1.15 bits per heavy atom. The number of hydrogen-bond acceptors (Lipinski definition) is 6. The van der Waals surface area contributed by atoms with E-state index in [1.54, 1.807) is 11.7 Å². The number of para-hydroxylation sites is 1. The molecule has 1 fully saturated rings. The molecular formula is C25H24N4O3S. The van der Waals surface area contributed by atoms with Crippen molar-refractivity contribution in [1.82, 2.24) is 14.5 Å². The van der Waals surface area contributed by atoms with Gasteiger partial charge in [-0.25, -0.2) is 9.97 Å². The van der Waals surface area contributed by atoms with Gasteiger partial charge in [0.2, 0.25) is 5.91 Å². The van der Waals surface area contributed by atoms with E-state index >= 15 is 0 Å². The number of nitrogens with one attached hydrogen (secondary N) is 1. The summed E-state index contributed by atoms with van der Waals surface area (Å²) in [5.41, 5.74) is 2.48. The molecule has 7 nitrogen and oxygen atoms in total. The number of aromatic nitrogens is 3. The number of anilines is 1. The fraction of sp³-hybridized carbons (Fsp3) is 0.280. The van der Waals surface area contributed by atoms with Crippen LogP contribution in [0.5, 0.6) is 5.75 Å². The van der Waals surface area contributed by atoms with Crippen LogP contribution in [0, 0.1) is 6.92 Å². The van der Waals surface area contributed by atoms with Gasteiger partial charge >= 0.3 is 0 Å². The van der Waals surface area contributed by atoms with Crippen molar-refractivity contribution >= 4 is 33.3 Å². The molecule has 33 heavy (non-hydrogen) atoms. The van der Waals surface area contributed by atoms with Crippen molar-refractivity contribution in [2.75, 3.05) is 12.4 Å². The van der Waals surface area contributed by atoms with Crippen LogP contribution in [0.1, 0.15) is 36.0 Å². The lowest BCUT2D eigenvalue weighted by Gasteiger charge is -2.12. The number of carbonyl (C=O) groups excluding carboxylic acids is 1. The monoisotopic (exact) mass is 460 g/mol. The van der Waals surface area contributed by atoms with Gasteiger partial charge in [-0.05, 0) is 56.2 Å². The number of benzene rings is 2. The molecular weight excluding hydrogens is 436 g/mol. The molecule has 1 aliphatic carbocycles. The van der Waals surface area contributed by atoms with Crippen LogP contribution in [0.3, 0.4) is 0 Å². The van der Waals surface area contributed by atoms with Crippen molar-refractivity contribution in [3.63, 3.8) is 0 Å². The zero-order chi connectivity index (χ0) is 22.9. The normalized spacial score (nSPS) is 13.3. The maximum absolute atomic E-state index is 13.0. The van der Waals surface area contributed by atoms with E-state index in [1.165, 1.54) is 11.3 Å². The van der Waals surface area contributed by atoms with Crippen LogP contribution in [0.4, 0.5) is 5.13 Å². The van der Waals surface area contributed by atoms with Gasteiger partial charge in [-0.3, -0.25) is 14.2 Å². The van der Waals surface area contributed by atoms with Gasteiger partial charge in [0.15, 0.2) is 5.13 Å². The summed E-state index contributed by atoms with van der Waals surface area (Å²) in [6.45, 7) is 1.99. The smallest absolute Gasteiger partial charge is 0.261 e. The van der Waals surface area contributed by atoms with Crippen molar-refractivity contribution in [2.24, 2.45) is 0 Å². The third kappa shape index (κ3) is 4.39. The van der Waals surface area contributed by atoms with Crippen molar-refractivity contribution in [2.45, 2.75) is 38.6 Å². The van der Waals surface area contributed by atoms with Gasteiger partial charge < -0.3 is 10.1 Å². The van der Waals surface area contributed by atoms with Crippen LogP contribution < -0.4 is 15.6 Å².